The van der Waals surface area contributed by atoms with Crippen LogP contribution in [-0.2, 0) is 6.42 Å². The summed E-state index contributed by atoms with van der Waals surface area (Å²) in [5.74, 6) is 0.731. The second-order valence-corrected chi connectivity index (χ2v) is 5.04. The molecule has 0 spiro atoms. The molecule has 1 N–H and O–H groups in total. The van der Waals surface area contributed by atoms with Gasteiger partial charge in [-0.25, -0.2) is 0 Å². The molecule has 2 aromatic carbocycles. The van der Waals surface area contributed by atoms with Gasteiger partial charge in [-0.1, -0.05) is 35.3 Å². The minimum Gasteiger partial charge on any atom is -0.506 e. The van der Waals surface area contributed by atoms with Gasteiger partial charge >= 0.3 is 0 Å². The van der Waals surface area contributed by atoms with Crippen molar-refractivity contribution in [2.24, 2.45) is 0 Å². The van der Waals surface area contributed by atoms with Crippen molar-refractivity contribution in [3.05, 3.63) is 58.1 Å². The van der Waals surface area contributed by atoms with E-state index in [0.29, 0.717) is 17.4 Å². The van der Waals surface area contributed by atoms with Crippen molar-refractivity contribution in [2.45, 2.75) is 12.8 Å². The number of phenols is 1. The lowest BCUT2D eigenvalue weighted by Gasteiger charge is -2.07. The maximum atomic E-state index is 9.29. The summed E-state index contributed by atoms with van der Waals surface area (Å²) >= 11 is 11.6. The van der Waals surface area contributed by atoms with Crippen LogP contribution in [0.5, 0.6) is 11.5 Å². The zero-order valence-electron chi connectivity index (χ0n) is 10.3. The van der Waals surface area contributed by atoms with Gasteiger partial charge in [0.15, 0.2) is 0 Å². The Morgan fingerprint density at radius 1 is 1.00 bits per heavy atom. The average molecular weight is 297 g/mol. The van der Waals surface area contributed by atoms with Crippen molar-refractivity contribution in [1.82, 2.24) is 0 Å². The molecule has 100 valence electrons. The molecule has 0 aliphatic carbocycles. The molecule has 0 aliphatic rings. The third-order valence-corrected chi connectivity index (χ3v) is 3.27. The maximum Gasteiger partial charge on any atom is 0.134 e. The van der Waals surface area contributed by atoms with Gasteiger partial charge in [-0.2, -0.15) is 0 Å². The molecular formula is C15H14Cl2O2. The number of benzene rings is 2. The third-order valence-electron chi connectivity index (χ3n) is 2.71. The van der Waals surface area contributed by atoms with E-state index in [1.807, 2.05) is 24.3 Å². The lowest BCUT2D eigenvalue weighted by molar-refractivity contribution is 0.310. The summed E-state index contributed by atoms with van der Waals surface area (Å²) in [5.41, 5.74) is 1.23. The fraction of sp³-hybridized carbons (Fsp3) is 0.200. The first-order valence-electron chi connectivity index (χ1n) is 6.01. The molecule has 0 radical (unpaired) electrons. The molecule has 0 fully saturated rings. The molecule has 2 rings (SSSR count). The van der Waals surface area contributed by atoms with Gasteiger partial charge in [-0.3, -0.25) is 0 Å². The molecule has 0 unspecified atom stereocenters. The van der Waals surface area contributed by atoms with Gasteiger partial charge < -0.3 is 9.84 Å². The molecular weight excluding hydrogens is 283 g/mol. The Hall–Kier alpha value is -1.38. The molecule has 0 aliphatic heterocycles. The average Bonchev–Trinajstić information content (AvgIpc) is 2.41. The van der Waals surface area contributed by atoms with Gasteiger partial charge in [0, 0.05) is 11.1 Å². The molecule has 0 aromatic heterocycles. The van der Waals surface area contributed by atoms with Crippen LogP contribution in [0.1, 0.15) is 12.0 Å². The predicted molar refractivity (Wildman–Crippen MR) is 78.4 cm³/mol. The van der Waals surface area contributed by atoms with Crippen LogP contribution in [0.15, 0.2) is 42.5 Å². The molecule has 2 aromatic rings. The van der Waals surface area contributed by atoms with Crippen molar-refractivity contribution >= 4 is 23.2 Å². The second-order valence-electron chi connectivity index (χ2n) is 4.19. The summed E-state index contributed by atoms with van der Waals surface area (Å²) in [4.78, 5) is 0. The number of ether oxygens (including phenoxy) is 1. The number of halogens is 2. The highest BCUT2D eigenvalue weighted by atomic mass is 35.5. The van der Waals surface area contributed by atoms with E-state index in [-0.39, 0.29) is 5.75 Å². The molecule has 0 saturated carbocycles. The number of hydrogen-bond donors (Lipinski definition) is 1. The lowest BCUT2D eigenvalue weighted by atomic mass is 10.1. The van der Waals surface area contributed by atoms with Crippen molar-refractivity contribution in [1.29, 1.82) is 0 Å². The molecule has 0 heterocycles. The van der Waals surface area contributed by atoms with E-state index in [0.717, 1.165) is 17.9 Å². The SMILES string of the molecule is Oc1ccc(OCCCc2ccc(Cl)cc2)cc1Cl. The van der Waals surface area contributed by atoms with Crippen LogP contribution in [0.4, 0.5) is 0 Å². The Balaban J connectivity index is 1.77. The zero-order valence-corrected chi connectivity index (χ0v) is 11.8. The van der Waals surface area contributed by atoms with Crippen LogP contribution in [0.2, 0.25) is 10.0 Å². The van der Waals surface area contributed by atoms with E-state index in [9.17, 15) is 5.11 Å². The quantitative estimate of drug-likeness (QED) is 0.810. The first-order valence-corrected chi connectivity index (χ1v) is 6.76. The van der Waals surface area contributed by atoms with Crippen LogP contribution in [-0.4, -0.2) is 11.7 Å². The van der Waals surface area contributed by atoms with Gasteiger partial charge in [-0.15, -0.1) is 0 Å². The fourth-order valence-electron chi connectivity index (χ4n) is 1.69. The summed E-state index contributed by atoms with van der Waals surface area (Å²) in [6.45, 7) is 0.601. The summed E-state index contributed by atoms with van der Waals surface area (Å²) in [6, 6.07) is 12.6. The Morgan fingerprint density at radius 3 is 2.42 bits per heavy atom. The van der Waals surface area contributed by atoms with Gasteiger partial charge in [0.25, 0.3) is 0 Å². The van der Waals surface area contributed by atoms with Crippen LogP contribution in [0, 0.1) is 0 Å². The Labute approximate surface area is 122 Å². The molecule has 0 bridgehead atoms. The first-order chi connectivity index (χ1) is 9.15. The van der Waals surface area contributed by atoms with Crippen LogP contribution >= 0.6 is 23.2 Å². The molecule has 19 heavy (non-hydrogen) atoms. The summed E-state index contributed by atoms with van der Waals surface area (Å²) in [7, 11) is 0. The maximum absolute atomic E-state index is 9.29. The number of aromatic hydroxyl groups is 1. The largest absolute Gasteiger partial charge is 0.506 e. The molecule has 0 amide bonds. The van der Waals surface area contributed by atoms with Gasteiger partial charge in [0.2, 0.25) is 0 Å². The van der Waals surface area contributed by atoms with Gasteiger partial charge in [-0.05, 0) is 42.7 Å². The van der Waals surface area contributed by atoms with E-state index in [4.69, 9.17) is 27.9 Å². The highest BCUT2D eigenvalue weighted by molar-refractivity contribution is 6.32. The number of aryl methyl sites for hydroxylation is 1. The third kappa shape index (κ3) is 4.34. The molecule has 0 saturated heterocycles. The van der Waals surface area contributed by atoms with E-state index in [2.05, 4.69) is 0 Å². The second kappa shape index (κ2) is 6.69. The molecule has 0 atom stereocenters. The molecule has 2 nitrogen and oxygen atoms in total. The lowest BCUT2D eigenvalue weighted by Crippen LogP contribution is -1.99. The van der Waals surface area contributed by atoms with E-state index in [1.54, 1.807) is 12.1 Å². The summed E-state index contributed by atoms with van der Waals surface area (Å²) < 4.78 is 5.57. The fourth-order valence-corrected chi connectivity index (χ4v) is 1.99. The highest BCUT2D eigenvalue weighted by Gasteiger charge is 2.01. The van der Waals surface area contributed by atoms with Gasteiger partial charge in [0.05, 0.1) is 11.6 Å². The summed E-state index contributed by atoms with van der Waals surface area (Å²) in [6.07, 6.45) is 1.84. The van der Waals surface area contributed by atoms with E-state index >= 15 is 0 Å². The Morgan fingerprint density at radius 2 is 1.74 bits per heavy atom. The minimum atomic E-state index is 0.0650. The van der Waals surface area contributed by atoms with E-state index < -0.39 is 0 Å². The van der Waals surface area contributed by atoms with Crippen molar-refractivity contribution in [2.75, 3.05) is 6.61 Å². The highest BCUT2D eigenvalue weighted by Crippen LogP contribution is 2.27. The standard InChI is InChI=1S/C15H14Cl2O2/c16-12-5-3-11(4-6-12)2-1-9-19-13-7-8-15(18)14(17)10-13/h3-8,10,18H,1-2,9H2. The first kappa shape index (κ1) is 14.0. The van der Waals surface area contributed by atoms with Crippen LogP contribution in [0.3, 0.4) is 0 Å². The van der Waals surface area contributed by atoms with Crippen molar-refractivity contribution in [3.63, 3.8) is 0 Å². The smallest absolute Gasteiger partial charge is 0.134 e. The molecule has 4 heteroatoms. The number of hydrogen-bond acceptors (Lipinski definition) is 2. The Kier molecular flexibility index (Phi) is 4.94. The topological polar surface area (TPSA) is 29.5 Å². The zero-order chi connectivity index (χ0) is 13.7. The number of phenolic OH excluding ortho intramolecular Hbond substituents is 1. The van der Waals surface area contributed by atoms with Gasteiger partial charge in [0.1, 0.15) is 11.5 Å². The summed E-state index contributed by atoms with van der Waals surface area (Å²) in [5, 5.41) is 10.3. The number of rotatable bonds is 5. The van der Waals surface area contributed by atoms with Crippen LogP contribution < -0.4 is 4.74 Å². The van der Waals surface area contributed by atoms with Crippen LogP contribution in [0.25, 0.3) is 0 Å². The minimum absolute atomic E-state index is 0.0650. The predicted octanol–water partition coefficient (Wildman–Crippen LogP) is 4.71. The monoisotopic (exact) mass is 296 g/mol. The van der Waals surface area contributed by atoms with Crippen molar-refractivity contribution in [3.8, 4) is 11.5 Å². The van der Waals surface area contributed by atoms with E-state index in [1.165, 1.54) is 11.6 Å². The Bertz CT molecular complexity index is 538. The van der Waals surface area contributed by atoms with Crippen molar-refractivity contribution < 1.29 is 9.84 Å². The normalized spacial score (nSPS) is 10.4.